The predicted octanol–water partition coefficient (Wildman–Crippen LogP) is 4.04. The van der Waals surface area contributed by atoms with Crippen molar-refractivity contribution in [2.45, 2.75) is 33.1 Å². The number of aryl methyl sites for hydroxylation is 2. The molecule has 0 spiro atoms. The van der Waals surface area contributed by atoms with Crippen LogP contribution < -0.4 is 5.32 Å². The van der Waals surface area contributed by atoms with Gasteiger partial charge in [0.1, 0.15) is 0 Å². The third-order valence-corrected chi connectivity index (χ3v) is 5.27. The van der Waals surface area contributed by atoms with Crippen molar-refractivity contribution in [2.75, 3.05) is 11.9 Å². The summed E-state index contributed by atoms with van der Waals surface area (Å²) in [7, 11) is 1.96. The average molecular weight is 390 g/mol. The van der Waals surface area contributed by atoms with E-state index in [0.717, 1.165) is 28.9 Å². The molecule has 1 N–H and O–H groups in total. The van der Waals surface area contributed by atoms with Gasteiger partial charge in [0.25, 0.3) is 0 Å². The van der Waals surface area contributed by atoms with Crippen LogP contribution in [-0.4, -0.2) is 27.3 Å². The van der Waals surface area contributed by atoms with Crippen LogP contribution in [0.4, 0.5) is 10.5 Å². The van der Waals surface area contributed by atoms with Gasteiger partial charge in [-0.25, -0.2) is 4.79 Å². The Hall–Kier alpha value is -3.12. The lowest BCUT2D eigenvalue weighted by molar-refractivity contribution is 0.103. The molecular weight excluding hydrogens is 364 g/mol. The number of ether oxygens (including phenoxy) is 1. The summed E-state index contributed by atoms with van der Waals surface area (Å²) in [5.41, 5.74) is 6.38. The van der Waals surface area contributed by atoms with E-state index in [9.17, 15) is 4.79 Å². The summed E-state index contributed by atoms with van der Waals surface area (Å²) in [6.07, 6.45) is 0.791. The molecule has 150 valence electrons. The third kappa shape index (κ3) is 4.49. The van der Waals surface area contributed by atoms with Gasteiger partial charge < -0.3 is 15.0 Å². The number of carbonyl (C=O) groups excluding carboxylic acids is 1. The number of aromatic nitrogens is 2. The maximum Gasteiger partial charge on any atom is 0.322 e. The average Bonchev–Trinajstić information content (AvgIpc) is 3.05. The highest BCUT2D eigenvalue weighted by Crippen LogP contribution is 2.24. The zero-order valence-corrected chi connectivity index (χ0v) is 16.9. The normalized spacial score (nSPS) is 13.2. The van der Waals surface area contributed by atoms with Crippen LogP contribution in [0.2, 0.25) is 0 Å². The molecule has 1 aliphatic heterocycles. The van der Waals surface area contributed by atoms with Crippen LogP contribution in [0.1, 0.15) is 28.1 Å². The van der Waals surface area contributed by atoms with E-state index in [4.69, 9.17) is 4.74 Å². The first-order chi connectivity index (χ1) is 14.1. The van der Waals surface area contributed by atoms with E-state index >= 15 is 0 Å². The lowest BCUT2D eigenvalue weighted by atomic mass is 10.1. The summed E-state index contributed by atoms with van der Waals surface area (Å²) < 4.78 is 7.84. The zero-order chi connectivity index (χ0) is 20.2. The van der Waals surface area contributed by atoms with Crippen LogP contribution >= 0.6 is 0 Å². The predicted molar refractivity (Wildman–Crippen MR) is 112 cm³/mol. The van der Waals surface area contributed by atoms with Gasteiger partial charge in [-0.15, -0.1) is 0 Å². The number of urea groups is 1. The number of carbonyl (C=O) groups is 1. The number of nitrogens with zero attached hydrogens (tertiary/aromatic N) is 3. The fourth-order valence-corrected chi connectivity index (χ4v) is 3.63. The molecule has 0 radical (unpaired) electrons. The van der Waals surface area contributed by atoms with E-state index in [-0.39, 0.29) is 6.03 Å². The van der Waals surface area contributed by atoms with Crippen molar-refractivity contribution in [2.24, 2.45) is 7.05 Å². The van der Waals surface area contributed by atoms with Crippen molar-refractivity contribution in [1.82, 2.24) is 14.7 Å². The molecule has 0 bridgehead atoms. The molecule has 29 heavy (non-hydrogen) atoms. The van der Waals surface area contributed by atoms with E-state index in [1.54, 1.807) is 0 Å². The molecule has 6 heteroatoms. The molecule has 0 fully saturated rings. The van der Waals surface area contributed by atoms with Crippen molar-refractivity contribution in [3.8, 4) is 0 Å². The number of hydrogen-bond acceptors (Lipinski definition) is 3. The first kappa shape index (κ1) is 19.2. The lowest BCUT2D eigenvalue weighted by Crippen LogP contribution is -2.39. The maximum absolute atomic E-state index is 12.7. The van der Waals surface area contributed by atoms with Gasteiger partial charge in [-0.2, -0.15) is 5.10 Å². The first-order valence-corrected chi connectivity index (χ1v) is 9.88. The fourth-order valence-electron chi connectivity index (χ4n) is 3.63. The topological polar surface area (TPSA) is 59.4 Å². The fraction of sp³-hybridized carbons (Fsp3) is 0.304. The monoisotopic (exact) mass is 390 g/mol. The Morgan fingerprint density at radius 3 is 2.62 bits per heavy atom. The van der Waals surface area contributed by atoms with E-state index in [2.05, 4.69) is 41.6 Å². The third-order valence-electron chi connectivity index (χ3n) is 5.27. The minimum absolute atomic E-state index is 0.0859. The molecule has 2 heterocycles. The molecule has 0 unspecified atom stereocenters. The molecule has 0 saturated heterocycles. The van der Waals surface area contributed by atoms with Crippen molar-refractivity contribution >= 4 is 11.7 Å². The summed E-state index contributed by atoms with van der Waals surface area (Å²) in [5, 5.41) is 7.62. The molecule has 0 aliphatic carbocycles. The molecular formula is C23H26N4O2. The van der Waals surface area contributed by atoms with Gasteiger partial charge in [0.05, 0.1) is 25.5 Å². The van der Waals surface area contributed by atoms with Crippen molar-refractivity contribution in [1.29, 1.82) is 0 Å². The van der Waals surface area contributed by atoms with Gasteiger partial charge in [0.15, 0.2) is 0 Å². The van der Waals surface area contributed by atoms with Crippen LogP contribution in [0.3, 0.4) is 0 Å². The second kappa shape index (κ2) is 8.49. The van der Waals surface area contributed by atoms with Gasteiger partial charge in [-0.1, -0.05) is 48.0 Å². The zero-order valence-electron chi connectivity index (χ0n) is 16.9. The SMILES string of the molecule is Cc1ccc(COCc2nn(C)c3c2CN(C(=O)Nc2ccccc2)CC3)cc1. The molecule has 2 amide bonds. The van der Waals surface area contributed by atoms with E-state index in [1.807, 2.05) is 47.0 Å². The lowest BCUT2D eigenvalue weighted by Gasteiger charge is -2.28. The number of nitrogens with one attached hydrogen (secondary N) is 1. The van der Waals surface area contributed by atoms with Gasteiger partial charge in [-0.3, -0.25) is 4.68 Å². The number of amides is 2. The van der Waals surface area contributed by atoms with Crippen molar-refractivity contribution < 1.29 is 9.53 Å². The molecule has 3 aromatic rings. The number of benzene rings is 2. The van der Waals surface area contributed by atoms with Crippen molar-refractivity contribution in [3.63, 3.8) is 0 Å². The summed E-state index contributed by atoms with van der Waals surface area (Å²) in [4.78, 5) is 14.5. The number of para-hydroxylation sites is 1. The molecule has 1 aromatic heterocycles. The minimum Gasteiger partial charge on any atom is -0.370 e. The largest absolute Gasteiger partial charge is 0.370 e. The molecule has 1 aliphatic rings. The Balaban J connectivity index is 1.40. The highest BCUT2D eigenvalue weighted by molar-refractivity contribution is 5.89. The quantitative estimate of drug-likeness (QED) is 0.715. The first-order valence-electron chi connectivity index (χ1n) is 9.88. The molecule has 0 saturated carbocycles. The number of hydrogen-bond donors (Lipinski definition) is 1. The smallest absolute Gasteiger partial charge is 0.322 e. The summed E-state index contributed by atoms with van der Waals surface area (Å²) in [6.45, 7) is 4.28. The second-order valence-corrected chi connectivity index (χ2v) is 7.44. The number of rotatable bonds is 5. The van der Waals surface area contributed by atoms with E-state index in [0.29, 0.717) is 26.3 Å². The van der Waals surface area contributed by atoms with Crippen molar-refractivity contribution in [3.05, 3.63) is 82.7 Å². The van der Waals surface area contributed by atoms with Crippen LogP contribution in [0.15, 0.2) is 54.6 Å². The van der Waals surface area contributed by atoms with Crippen LogP contribution in [0.25, 0.3) is 0 Å². The van der Waals surface area contributed by atoms with Crippen LogP contribution in [0, 0.1) is 6.92 Å². The van der Waals surface area contributed by atoms with E-state index in [1.165, 1.54) is 11.3 Å². The Bertz CT molecular complexity index is 980. The summed E-state index contributed by atoms with van der Waals surface area (Å²) >= 11 is 0. The summed E-state index contributed by atoms with van der Waals surface area (Å²) in [5.74, 6) is 0. The van der Waals surface area contributed by atoms with Gasteiger partial charge in [0.2, 0.25) is 0 Å². The minimum atomic E-state index is -0.0859. The van der Waals surface area contributed by atoms with Gasteiger partial charge in [-0.05, 0) is 24.6 Å². The summed E-state index contributed by atoms with van der Waals surface area (Å²) in [6, 6.07) is 17.8. The van der Waals surface area contributed by atoms with Gasteiger partial charge >= 0.3 is 6.03 Å². The highest BCUT2D eigenvalue weighted by Gasteiger charge is 2.26. The molecule has 0 atom stereocenters. The Morgan fingerprint density at radius 2 is 1.86 bits per heavy atom. The molecule has 6 nitrogen and oxygen atoms in total. The Labute approximate surface area is 171 Å². The maximum atomic E-state index is 12.7. The highest BCUT2D eigenvalue weighted by atomic mass is 16.5. The van der Waals surface area contributed by atoms with Gasteiger partial charge in [0, 0.05) is 37.0 Å². The molecule has 2 aromatic carbocycles. The Morgan fingerprint density at radius 1 is 1.10 bits per heavy atom. The van der Waals surface area contributed by atoms with E-state index < -0.39 is 0 Å². The second-order valence-electron chi connectivity index (χ2n) is 7.44. The van der Waals surface area contributed by atoms with Crippen LogP contribution in [-0.2, 0) is 38.0 Å². The number of anilines is 1. The standard InChI is InChI=1S/C23H26N4O2/c1-17-8-10-18(11-9-17)15-29-16-21-20-14-27(13-12-22(20)26(2)25-21)23(28)24-19-6-4-3-5-7-19/h3-11H,12-16H2,1-2H3,(H,24,28). The Kier molecular flexibility index (Phi) is 5.62. The van der Waals surface area contributed by atoms with Crippen LogP contribution in [0.5, 0.6) is 0 Å². The molecule has 4 rings (SSSR count). The number of fused-ring (bicyclic) bond motifs is 1.